The Morgan fingerprint density at radius 2 is 1.70 bits per heavy atom. The number of amides is 3. The van der Waals surface area contributed by atoms with Crippen LogP contribution < -0.4 is 16.0 Å². The Labute approximate surface area is 257 Å². The molecule has 3 aromatic rings. The first-order valence-electron chi connectivity index (χ1n) is 15.6. The molecule has 1 aliphatic heterocycles. The molecule has 8 nitrogen and oxygen atoms in total. The second-order valence-corrected chi connectivity index (χ2v) is 12.4. The number of aryl methyl sites for hydroxylation is 1. The first-order chi connectivity index (χ1) is 21.3. The molecule has 2 saturated carbocycles. The number of fused-ring (bicyclic) bond motifs is 1. The molecule has 4 N–H and O–H groups in total. The number of likely N-dealkylation sites (tertiary alicyclic amines) is 1. The molecule has 230 valence electrons. The highest BCUT2D eigenvalue weighted by Gasteiger charge is 2.50. The Balaban J connectivity index is 1.38. The highest BCUT2D eigenvalue weighted by molar-refractivity contribution is 5.98. The zero-order valence-corrected chi connectivity index (χ0v) is 24.9. The molecule has 44 heavy (non-hydrogen) atoms. The molecular formula is C35H39FN4O4. The van der Waals surface area contributed by atoms with E-state index in [0.29, 0.717) is 30.1 Å². The molecule has 2 aliphatic carbocycles. The van der Waals surface area contributed by atoms with Gasteiger partial charge >= 0.3 is 0 Å². The van der Waals surface area contributed by atoms with Crippen LogP contribution in [-0.2, 0) is 9.59 Å². The summed E-state index contributed by atoms with van der Waals surface area (Å²) in [4.78, 5) is 41.2. The molecule has 1 saturated heterocycles. The number of piperidine rings is 1. The van der Waals surface area contributed by atoms with Crippen molar-refractivity contribution in [1.82, 2.24) is 4.90 Å². The van der Waals surface area contributed by atoms with Crippen LogP contribution in [0.15, 0.2) is 60.7 Å². The van der Waals surface area contributed by atoms with E-state index in [2.05, 4.69) is 16.0 Å². The second kappa shape index (κ2) is 12.7. The lowest BCUT2D eigenvalue weighted by molar-refractivity contribution is -0.125. The summed E-state index contributed by atoms with van der Waals surface area (Å²) >= 11 is 0. The van der Waals surface area contributed by atoms with Crippen molar-refractivity contribution in [3.05, 3.63) is 83.2 Å². The van der Waals surface area contributed by atoms with Gasteiger partial charge in [0, 0.05) is 29.5 Å². The van der Waals surface area contributed by atoms with Crippen molar-refractivity contribution in [2.24, 2.45) is 11.8 Å². The molecule has 4 unspecified atom stereocenters. The number of benzene rings is 3. The standard InChI is InChI=1S/C35H39FN4O4/c1-21-6-4-10-28(36)32(21)35(44)40-30-11-5-7-23(30)18-27(34(43)39-26-16-17-29(37-20-41)31(42)19-26)33(40)22-12-14-25(15-13-22)38-24-8-2-3-9-24/h4,6,10,12-17,19-20,23-24,27,30,33,38,42H,2-3,5,7-9,11,18H2,1H3,(H,37,41)(H,39,43). The van der Waals surface area contributed by atoms with E-state index < -0.39 is 23.7 Å². The predicted octanol–water partition coefficient (Wildman–Crippen LogP) is 6.77. The van der Waals surface area contributed by atoms with Crippen LogP contribution in [0.4, 0.5) is 21.5 Å². The molecule has 3 fully saturated rings. The Kier molecular flexibility index (Phi) is 8.55. The summed E-state index contributed by atoms with van der Waals surface area (Å²) in [6.45, 7) is 1.74. The summed E-state index contributed by atoms with van der Waals surface area (Å²) in [5.41, 5.74) is 3.03. The number of carbonyl (C=O) groups excluding carboxylic acids is 3. The minimum Gasteiger partial charge on any atom is -0.506 e. The number of phenolic OH excluding ortho intramolecular Hbond substituents is 1. The zero-order valence-electron chi connectivity index (χ0n) is 24.9. The van der Waals surface area contributed by atoms with Gasteiger partial charge in [-0.05, 0) is 86.4 Å². The van der Waals surface area contributed by atoms with Crippen molar-refractivity contribution < 1.29 is 23.9 Å². The maximum absolute atomic E-state index is 15.3. The smallest absolute Gasteiger partial charge is 0.257 e. The van der Waals surface area contributed by atoms with Crippen LogP contribution >= 0.6 is 0 Å². The maximum atomic E-state index is 15.3. The highest BCUT2D eigenvalue weighted by atomic mass is 19.1. The molecule has 3 aliphatic rings. The molecule has 3 amide bonds. The van der Waals surface area contributed by atoms with Gasteiger partial charge in [0.2, 0.25) is 12.3 Å². The van der Waals surface area contributed by atoms with Crippen LogP contribution in [-0.4, -0.2) is 40.3 Å². The molecule has 3 aromatic carbocycles. The van der Waals surface area contributed by atoms with E-state index in [0.717, 1.165) is 43.4 Å². The third-order valence-corrected chi connectivity index (χ3v) is 9.68. The molecule has 0 aromatic heterocycles. The van der Waals surface area contributed by atoms with Crippen LogP contribution in [0.3, 0.4) is 0 Å². The third kappa shape index (κ3) is 5.87. The van der Waals surface area contributed by atoms with E-state index in [9.17, 15) is 19.5 Å². The minimum absolute atomic E-state index is 0.0481. The van der Waals surface area contributed by atoms with E-state index in [1.54, 1.807) is 30.0 Å². The van der Waals surface area contributed by atoms with Crippen molar-refractivity contribution >= 4 is 35.3 Å². The van der Waals surface area contributed by atoms with Crippen molar-refractivity contribution in [2.45, 2.75) is 76.4 Å². The summed E-state index contributed by atoms with van der Waals surface area (Å²) in [6.07, 6.45) is 8.39. The van der Waals surface area contributed by atoms with Crippen molar-refractivity contribution in [1.29, 1.82) is 0 Å². The Morgan fingerprint density at radius 1 is 0.955 bits per heavy atom. The summed E-state index contributed by atoms with van der Waals surface area (Å²) in [7, 11) is 0. The monoisotopic (exact) mass is 598 g/mol. The van der Waals surface area contributed by atoms with Crippen molar-refractivity contribution in [3.63, 3.8) is 0 Å². The number of anilines is 3. The first-order valence-corrected chi connectivity index (χ1v) is 15.6. The number of hydrogen-bond donors (Lipinski definition) is 4. The van der Waals surface area contributed by atoms with Crippen LogP contribution in [0.5, 0.6) is 5.75 Å². The van der Waals surface area contributed by atoms with E-state index in [-0.39, 0.29) is 34.9 Å². The molecule has 0 bridgehead atoms. The third-order valence-electron chi connectivity index (χ3n) is 9.68. The molecule has 4 atom stereocenters. The van der Waals surface area contributed by atoms with Gasteiger partial charge in [-0.25, -0.2) is 4.39 Å². The Hall–Kier alpha value is -4.40. The lowest BCUT2D eigenvalue weighted by atomic mass is 9.76. The van der Waals surface area contributed by atoms with Crippen LogP contribution in [0.2, 0.25) is 0 Å². The number of hydrogen-bond acceptors (Lipinski definition) is 5. The predicted molar refractivity (Wildman–Crippen MR) is 168 cm³/mol. The zero-order chi connectivity index (χ0) is 30.8. The van der Waals surface area contributed by atoms with Gasteiger partial charge in [-0.3, -0.25) is 14.4 Å². The van der Waals surface area contributed by atoms with Crippen LogP contribution in [0, 0.1) is 24.6 Å². The number of phenols is 1. The van der Waals surface area contributed by atoms with Gasteiger partial charge < -0.3 is 26.0 Å². The first kappa shape index (κ1) is 29.7. The molecule has 6 rings (SSSR count). The Morgan fingerprint density at radius 3 is 2.41 bits per heavy atom. The van der Waals surface area contributed by atoms with Crippen LogP contribution in [0.25, 0.3) is 0 Å². The fraction of sp³-hybridized carbons (Fsp3) is 0.400. The fourth-order valence-electron chi connectivity index (χ4n) is 7.58. The molecular weight excluding hydrogens is 559 g/mol. The lowest BCUT2D eigenvalue weighted by Gasteiger charge is -2.48. The van der Waals surface area contributed by atoms with Crippen LogP contribution in [0.1, 0.15) is 78.9 Å². The van der Waals surface area contributed by atoms with Crippen molar-refractivity contribution in [3.8, 4) is 5.75 Å². The lowest BCUT2D eigenvalue weighted by Crippen LogP contribution is -2.54. The van der Waals surface area contributed by atoms with Gasteiger partial charge in [0.05, 0.1) is 23.2 Å². The van der Waals surface area contributed by atoms with E-state index in [1.165, 1.54) is 31.0 Å². The number of nitrogens with zero attached hydrogens (tertiary/aromatic N) is 1. The van der Waals surface area contributed by atoms with Gasteiger partial charge in [0.15, 0.2) is 0 Å². The second-order valence-electron chi connectivity index (χ2n) is 12.4. The number of nitrogens with one attached hydrogen (secondary N) is 3. The number of halogens is 1. The summed E-state index contributed by atoms with van der Waals surface area (Å²) < 4.78 is 15.3. The quantitative estimate of drug-likeness (QED) is 0.169. The van der Waals surface area contributed by atoms with Gasteiger partial charge in [-0.1, -0.05) is 43.5 Å². The molecule has 1 heterocycles. The highest BCUT2D eigenvalue weighted by Crippen LogP contribution is 2.49. The SMILES string of the molecule is Cc1cccc(F)c1C(=O)N1C2CCCC2CC(C(=O)Nc2ccc(NC=O)c(O)c2)C1c1ccc(NC2CCCC2)cc1. The Bertz CT molecular complexity index is 1520. The van der Waals surface area contributed by atoms with Gasteiger partial charge in [0.25, 0.3) is 5.91 Å². The average Bonchev–Trinajstić information content (AvgIpc) is 3.70. The largest absolute Gasteiger partial charge is 0.506 e. The van der Waals surface area contributed by atoms with Crippen molar-refractivity contribution in [2.75, 3.05) is 16.0 Å². The van der Waals surface area contributed by atoms with E-state index >= 15 is 4.39 Å². The summed E-state index contributed by atoms with van der Waals surface area (Å²) in [5.74, 6) is -1.93. The summed E-state index contributed by atoms with van der Waals surface area (Å²) in [5, 5.41) is 19.3. The van der Waals surface area contributed by atoms with E-state index in [4.69, 9.17) is 0 Å². The average molecular weight is 599 g/mol. The number of rotatable bonds is 8. The number of carbonyl (C=O) groups is 3. The molecule has 9 heteroatoms. The molecule has 0 spiro atoms. The van der Waals surface area contributed by atoms with E-state index in [1.807, 2.05) is 24.3 Å². The van der Waals surface area contributed by atoms with Gasteiger partial charge in [0.1, 0.15) is 11.6 Å². The van der Waals surface area contributed by atoms with Gasteiger partial charge in [-0.15, -0.1) is 0 Å². The van der Waals surface area contributed by atoms with Gasteiger partial charge in [-0.2, -0.15) is 0 Å². The fourth-order valence-corrected chi connectivity index (χ4v) is 7.58. The topological polar surface area (TPSA) is 111 Å². The maximum Gasteiger partial charge on any atom is 0.257 e. The molecule has 0 radical (unpaired) electrons. The number of aromatic hydroxyl groups is 1. The minimum atomic E-state index is -0.619. The summed E-state index contributed by atoms with van der Waals surface area (Å²) in [6, 6.07) is 16.9. The normalized spacial score (nSPS) is 23.2.